The minimum atomic E-state index is -0.304. The van der Waals surface area contributed by atoms with Gasteiger partial charge in [-0.3, -0.25) is 9.59 Å². The van der Waals surface area contributed by atoms with E-state index in [1.54, 1.807) is 18.2 Å². The molecule has 0 unspecified atom stereocenters. The number of fused-ring (bicyclic) bond motifs is 1. The van der Waals surface area contributed by atoms with Crippen molar-refractivity contribution >= 4 is 11.6 Å². The molecule has 0 radical (unpaired) electrons. The van der Waals surface area contributed by atoms with E-state index in [4.69, 9.17) is 0 Å². The molecule has 26 heavy (non-hydrogen) atoms. The number of hydrogen-bond acceptors (Lipinski definition) is 3. The van der Waals surface area contributed by atoms with Crippen LogP contribution in [-0.2, 0) is 12.8 Å². The molecule has 5 nitrogen and oxygen atoms in total. The van der Waals surface area contributed by atoms with Crippen molar-refractivity contribution in [3.63, 3.8) is 0 Å². The normalized spacial score (nSPS) is 18.8. The van der Waals surface area contributed by atoms with Crippen LogP contribution in [0.3, 0.4) is 0 Å². The summed E-state index contributed by atoms with van der Waals surface area (Å²) in [5.41, 5.74) is 2.95. The molecule has 1 aliphatic heterocycles. The predicted molar refractivity (Wildman–Crippen MR) is 98.1 cm³/mol. The van der Waals surface area contributed by atoms with E-state index < -0.39 is 0 Å². The first-order valence-corrected chi connectivity index (χ1v) is 9.14. The zero-order chi connectivity index (χ0) is 18.1. The van der Waals surface area contributed by atoms with E-state index in [0.717, 1.165) is 55.7 Å². The number of hydrogen-bond donors (Lipinski definition) is 2. The molecule has 1 fully saturated rings. The van der Waals surface area contributed by atoms with Crippen LogP contribution in [0, 0.1) is 11.7 Å². The van der Waals surface area contributed by atoms with Gasteiger partial charge in [0.05, 0.1) is 0 Å². The smallest absolute Gasteiger partial charge is 0.261 e. The van der Waals surface area contributed by atoms with Gasteiger partial charge in [0.15, 0.2) is 0 Å². The van der Waals surface area contributed by atoms with Gasteiger partial charge in [-0.1, -0.05) is 0 Å². The van der Waals surface area contributed by atoms with E-state index in [1.165, 1.54) is 12.1 Å². The van der Waals surface area contributed by atoms with Crippen LogP contribution in [-0.4, -0.2) is 30.5 Å². The highest BCUT2D eigenvalue weighted by atomic mass is 19.1. The zero-order valence-corrected chi connectivity index (χ0v) is 14.6. The summed E-state index contributed by atoms with van der Waals surface area (Å²) in [5, 5.41) is 2.91. The van der Waals surface area contributed by atoms with Crippen LogP contribution in [0.1, 0.15) is 34.5 Å². The Bertz CT molecular complexity index is 876. The number of pyridine rings is 1. The second-order valence-electron chi connectivity index (χ2n) is 7.16. The van der Waals surface area contributed by atoms with Crippen molar-refractivity contribution in [3.8, 4) is 0 Å². The van der Waals surface area contributed by atoms with Gasteiger partial charge in [0.2, 0.25) is 0 Å². The number of H-pyrrole nitrogens is 1. The van der Waals surface area contributed by atoms with Crippen LogP contribution < -0.4 is 15.8 Å². The number of carbonyl (C=O) groups is 1. The van der Waals surface area contributed by atoms with Crippen LogP contribution in [0.15, 0.2) is 35.1 Å². The molecule has 1 atom stereocenters. The maximum absolute atomic E-state index is 13.0. The quantitative estimate of drug-likeness (QED) is 0.884. The van der Waals surface area contributed by atoms with Crippen LogP contribution in [0.2, 0.25) is 0 Å². The summed E-state index contributed by atoms with van der Waals surface area (Å²) in [6.07, 6.45) is 3.78. The molecule has 1 aliphatic carbocycles. The number of aromatic amines is 1. The molecule has 2 aromatic rings. The average Bonchev–Trinajstić information content (AvgIpc) is 3.28. The predicted octanol–water partition coefficient (Wildman–Crippen LogP) is 2.26. The molecule has 2 heterocycles. The maximum atomic E-state index is 13.0. The van der Waals surface area contributed by atoms with Gasteiger partial charge in [0, 0.05) is 31.0 Å². The average molecular weight is 355 g/mol. The number of carbonyl (C=O) groups excluding carboxylic acids is 1. The van der Waals surface area contributed by atoms with Crippen LogP contribution >= 0.6 is 0 Å². The fourth-order valence-electron chi connectivity index (χ4n) is 3.90. The van der Waals surface area contributed by atoms with E-state index in [2.05, 4.69) is 15.2 Å². The molecule has 0 bridgehead atoms. The van der Waals surface area contributed by atoms with Gasteiger partial charge in [-0.05, 0) is 67.5 Å². The van der Waals surface area contributed by atoms with Gasteiger partial charge in [-0.15, -0.1) is 0 Å². The van der Waals surface area contributed by atoms with Crippen molar-refractivity contribution in [2.45, 2.75) is 25.7 Å². The molecule has 6 heteroatoms. The second-order valence-corrected chi connectivity index (χ2v) is 7.16. The van der Waals surface area contributed by atoms with E-state index in [0.29, 0.717) is 12.5 Å². The number of benzene rings is 1. The van der Waals surface area contributed by atoms with E-state index in [1.807, 2.05) is 0 Å². The number of aromatic nitrogens is 1. The standard InChI is InChI=1S/C20H22FN3O2/c21-15-4-6-16(7-5-15)24-9-8-13(12-24)11-22-19(25)17-10-14-2-1-3-18(14)23-20(17)26/h4-7,10,13H,1-3,8-9,11-12H2,(H,22,25)(H,23,26)/t13-/m0/s1. The summed E-state index contributed by atoms with van der Waals surface area (Å²) in [7, 11) is 0. The fourth-order valence-corrected chi connectivity index (χ4v) is 3.90. The van der Waals surface area contributed by atoms with Gasteiger partial charge in [-0.25, -0.2) is 4.39 Å². The van der Waals surface area contributed by atoms with Crippen LogP contribution in [0.5, 0.6) is 0 Å². The lowest BCUT2D eigenvalue weighted by Gasteiger charge is -2.18. The molecule has 0 saturated carbocycles. The van der Waals surface area contributed by atoms with Crippen molar-refractivity contribution in [1.82, 2.24) is 10.3 Å². The minimum Gasteiger partial charge on any atom is -0.371 e. The largest absolute Gasteiger partial charge is 0.371 e. The molecule has 1 aromatic heterocycles. The van der Waals surface area contributed by atoms with E-state index in [-0.39, 0.29) is 22.8 Å². The Labute approximate surface area is 151 Å². The molecule has 0 spiro atoms. The SMILES string of the molecule is O=C(NC[C@@H]1CCN(c2ccc(F)cc2)C1)c1cc2c([nH]c1=O)CCC2. The maximum Gasteiger partial charge on any atom is 0.261 e. The molecule has 1 amide bonds. The Hall–Kier alpha value is -2.63. The highest BCUT2D eigenvalue weighted by Crippen LogP contribution is 2.24. The lowest BCUT2D eigenvalue weighted by Crippen LogP contribution is -2.34. The van der Waals surface area contributed by atoms with Gasteiger partial charge >= 0.3 is 0 Å². The molecular weight excluding hydrogens is 333 g/mol. The molecule has 2 N–H and O–H groups in total. The minimum absolute atomic E-state index is 0.207. The summed E-state index contributed by atoms with van der Waals surface area (Å²) in [6, 6.07) is 8.23. The highest BCUT2D eigenvalue weighted by Gasteiger charge is 2.24. The van der Waals surface area contributed by atoms with Gasteiger partial charge < -0.3 is 15.2 Å². The molecule has 4 rings (SSSR count). The van der Waals surface area contributed by atoms with Gasteiger partial charge in [0.25, 0.3) is 11.5 Å². The molecule has 1 saturated heterocycles. The lowest BCUT2D eigenvalue weighted by molar-refractivity contribution is 0.0946. The fraction of sp³-hybridized carbons (Fsp3) is 0.400. The number of rotatable bonds is 4. The van der Waals surface area contributed by atoms with E-state index in [9.17, 15) is 14.0 Å². The monoisotopic (exact) mass is 355 g/mol. The highest BCUT2D eigenvalue weighted by molar-refractivity contribution is 5.94. The Kier molecular flexibility index (Phi) is 4.49. The van der Waals surface area contributed by atoms with Crippen molar-refractivity contribution in [3.05, 3.63) is 63.3 Å². The summed E-state index contributed by atoms with van der Waals surface area (Å²) < 4.78 is 13.0. The van der Waals surface area contributed by atoms with Gasteiger partial charge in [0.1, 0.15) is 11.4 Å². The number of anilines is 1. The number of amides is 1. The number of nitrogens with zero attached hydrogens (tertiary/aromatic N) is 1. The summed E-state index contributed by atoms with van der Waals surface area (Å²) in [5.74, 6) is -0.227. The molecule has 136 valence electrons. The number of aryl methyl sites for hydroxylation is 2. The Balaban J connectivity index is 1.35. The van der Waals surface area contributed by atoms with Crippen molar-refractivity contribution < 1.29 is 9.18 Å². The second kappa shape index (κ2) is 6.94. The molecular formula is C20H22FN3O2. The van der Waals surface area contributed by atoms with Crippen molar-refractivity contribution in [2.24, 2.45) is 5.92 Å². The number of nitrogens with one attached hydrogen (secondary N) is 2. The third kappa shape index (κ3) is 3.36. The lowest BCUT2D eigenvalue weighted by atomic mass is 10.1. The first-order chi connectivity index (χ1) is 12.6. The zero-order valence-electron chi connectivity index (χ0n) is 14.6. The Morgan fingerprint density at radius 3 is 2.88 bits per heavy atom. The van der Waals surface area contributed by atoms with Crippen LogP contribution in [0.4, 0.5) is 10.1 Å². The summed E-state index contributed by atoms with van der Waals surface area (Å²) in [4.78, 5) is 29.6. The first kappa shape index (κ1) is 16.8. The Morgan fingerprint density at radius 2 is 2.08 bits per heavy atom. The Morgan fingerprint density at radius 1 is 1.27 bits per heavy atom. The first-order valence-electron chi connectivity index (χ1n) is 9.14. The molecule has 2 aliphatic rings. The third-order valence-electron chi connectivity index (χ3n) is 5.36. The van der Waals surface area contributed by atoms with Crippen LogP contribution in [0.25, 0.3) is 0 Å². The topological polar surface area (TPSA) is 65.2 Å². The van der Waals surface area contributed by atoms with Gasteiger partial charge in [-0.2, -0.15) is 0 Å². The molecule has 1 aromatic carbocycles. The van der Waals surface area contributed by atoms with E-state index >= 15 is 0 Å². The van der Waals surface area contributed by atoms with Crippen molar-refractivity contribution in [2.75, 3.05) is 24.5 Å². The van der Waals surface area contributed by atoms with Crippen molar-refractivity contribution in [1.29, 1.82) is 0 Å². The summed E-state index contributed by atoms with van der Waals surface area (Å²) in [6.45, 7) is 2.23. The summed E-state index contributed by atoms with van der Waals surface area (Å²) >= 11 is 0. The number of halogens is 1. The third-order valence-corrected chi connectivity index (χ3v) is 5.36.